The second-order valence-electron chi connectivity index (χ2n) is 7.22. The summed E-state index contributed by atoms with van der Waals surface area (Å²) in [5, 5.41) is 5.24. The summed E-state index contributed by atoms with van der Waals surface area (Å²) >= 11 is 2.20. The van der Waals surface area contributed by atoms with Crippen molar-refractivity contribution in [1.82, 2.24) is 15.1 Å². The number of piperazine rings is 1. The van der Waals surface area contributed by atoms with Gasteiger partial charge < -0.3 is 15.5 Å². The maximum atomic E-state index is 12.6. The Bertz CT molecular complexity index is 909. The summed E-state index contributed by atoms with van der Waals surface area (Å²) < 4.78 is 1.04. The quantitative estimate of drug-likeness (QED) is 0.468. The van der Waals surface area contributed by atoms with Crippen LogP contribution in [-0.4, -0.2) is 66.8 Å². The lowest BCUT2D eigenvalue weighted by molar-refractivity contribution is -0.136. The number of amides is 3. The Balaban J connectivity index is 1.37. The summed E-state index contributed by atoms with van der Waals surface area (Å²) in [5.41, 5.74) is 2.38. The Morgan fingerprint density at radius 3 is 2.33 bits per heavy atom. The normalized spacial score (nSPS) is 14.3. The fraction of sp³-hybridized carbons (Fsp3) is 0.318. The van der Waals surface area contributed by atoms with E-state index in [0.717, 1.165) is 22.2 Å². The second-order valence-corrected chi connectivity index (χ2v) is 8.47. The van der Waals surface area contributed by atoms with Crippen LogP contribution >= 0.6 is 22.6 Å². The van der Waals surface area contributed by atoms with Crippen LogP contribution in [0.25, 0.3) is 0 Å². The van der Waals surface area contributed by atoms with E-state index in [1.165, 1.54) is 0 Å². The van der Waals surface area contributed by atoms with E-state index < -0.39 is 11.8 Å². The lowest BCUT2D eigenvalue weighted by Crippen LogP contribution is -2.50. The minimum Gasteiger partial charge on any atom is -0.347 e. The van der Waals surface area contributed by atoms with Gasteiger partial charge >= 0.3 is 11.8 Å². The average molecular weight is 520 g/mol. The molecule has 0 atom stereocenters. The van der Waals surface area contributed by atoms with Gasteiger partial charge in [0.2, 0.25) is 0 Å². The van der Waals surface area contributed by atoms with Crippen molar-refractivity contribution in [2.45, 2.75) is 6.92 Å². The van der Waals surface area contributed by atoms with Gasteiger partial charge in [-0.05, 0) is 59.8 Å². The van der Waals surface area contributed by atoms with Gasteiger partial charge in [0, 0.05) is 54.1 Å². The number of benzene rings is 2. The first-order chi connectivity index (χ1) is 14.4. The second kappa shape index (κ2) is 10.5. The molecule has 2 aromatic rings. The van der Waals surface area contributed by atoms with Crippen molar-refractivity contribution >= 4 is 46.0 Å². The number of aryl methyl sites for hydroxylation is 1. The van der Waals surface area contributed by atoms with Crippen LogP contribution < -0.4 is 10.6 Å². The van der Waals surface area contributed by atoms with Crippen LogP contribution in [0.4, 0.5) is 5.69 Å². The topological polar surface area (TPSA) is 81.8 Å². The zero-order valence-corrected chi connectivity index (χ0v) is 19.0. The Morgan fingerprint density at radius 1 is 0.967 bits per heavy atom. The van der Waals surface area contributed by atoms with Crippen LogP contribution in [0.5, 0.6) is 0 Å². The van der Waals surface area contributed by atoms with Crippen molar-refractivity contribution in [2.75, 3.05) is 44.6 Å². The Kier molecular flexibility index (Phi) is 7.81. The third kappa shape index (κ3) is 6.27. The van der Waals surface area contributed by atoms with Crippen LogP contribution in [0.2, 0.25) is 0 Å². The summed E-state index contributed by atoms with van der Waals surface area (Å²) in [6.45, 7) is 5.73. The fourth-order valence-corrected chi connectivity index (χ4v) is 3.75. The molecule has 0 saturated carbocycles. The number of carbonyl (C=O) groups excluding carboxylic acids is 3. The summed E-state index contributed by atoms with van der Waals surface area (Å²) in [4.78, 5) is 40.6. The molecule has 1 aliphatic rings. The molecule has 3 amide bonds. The monoisotopic (exact) mass is 520 g/mol. The first-order valence-electron chi connectivity index (χ1n) is 9.85. The standard InChI is InChI=1S/C22H25IN4O3/c1-16-5-7-19(8-6-16)25-21(29)20(28)24-9-10-26-11-13-27(14-12-26)22(30)17-3-2-4-18(23)15-17/h2-8,15H,9-14H2,1H3,(H,24,28)(H,25,29). The van der Waals surface area contributed by atoms with E-state index in [4.69, 9.17) is 0 Å². The molecular formula is C22H25IN4O3. The lowest BCUT2D eigenvalue weighted by Gasteiger charge is -2.34. The smallest absolute Gasteiger partial charge is 0.313 e. The molecule has 0 radical (unpaired) electrons. The first-order valence-corrected chi connectivity index (χ1v) is 10.9. The highest BCUT2D eigenvalue weighted by atomic mass is 127. The van der Waals surface area contributed by atoms with Crippen LogP contribution in [0.3, 0.4) is 0 Å². The molecule has 158 valence electrons. The SMILES string of the molecule is Cc1ccc(NC(=O)C(=O)NCCN2CCN(C(=O)c3cccc(I)c3)CC2)cc1. The van der Waals surface area contributed by atoms with Gasteiger partial charge in [-0.3, -0.25) is 19.3 Å². The number of carbonyl (C=O) groups is 3. The van der Waals surface area contributed by atoms with E-state index in [9.17, 15) is 14.4 Å². The van der Waals surface area contributed by atoms with Crippen LogP contribution in [0.1, 0.15) is 15.9 Å². The van der Waals surface area contributed by atoms with E-state index in [1.54, 1.807) is 12.1 Å². The molecular weight excluding hydrogens is 495 g/mol. The zero-order valence-electron chi connectivity index (χ0n) is 16.9. The van der Waals surface area contributed by atoms with E-state index in [-0.39, 0.29) is 5.91 Å². The number of nitrogens with zero attached hydrogens (tertiary/aromatic N) is 2. The molecule has 0 bridgehead atoms. The highest BCUT2D eigenvalue weighted by molar-refractivity contribution is 14.1. The van der Waals surface area contributed by atoms with Crippen molar-refractivity contribution in [3.05, 3.63) is 63.2 Å². The summed E-state index contributed by atoms with van der Waals surface area (Å²) in [6.07, 6.45) is 0. The minimum atomic E-state index is -0.674. The third-order valence-electron chi connectivity index (χ3n) is 4.96. The molecule has 2 aromatic carbocycles. The Labute approximate surface area is 189 Å². The van der Waals surface area contributed by atoms with Gasteiger partial charge in [-0.2, -0.15) is 0 Å². The molecule has 1 aliphatic heterocycles. The molecule has 7 nitrogen and oxygen atoms in total. The Hall–Kier alpha value is -2.46. The molecule has 2 N–H and O–H groups in total. The van der Waals surface area contributed by atoms with Crippen molar-refractivity contribution in [2.24, 2.45) is 0 Å². The molecule has 8 heteroatoms. The highest BCUT2D eigenvalue weighted by Crippen LogP contribution is 2.12. The lowest BCUT2D eigenvalue weighted by atomic mass is 10.2. The number of nitrogens with one attached hydrogen (secondary N) is 2. The fourth-order valence-electron chi connectivity index (χ4n) is 3.21. The number of hydrogen-bond donors (Lipinski definition) is 2. The Morgan fingerprint density at radius 2 is 1.67 bits per heavy atom. The van der Waals surface area contributed by atoms with Gasteiger partial charge in [-0.25, -0.2) is 0 Å². The van der Waals surface area contributed by atoms with Crippen molar-refractivity contribution in [1.29, 1.82) is 0 Å². The van der Waals surface area contributed by atoms with E-state index in [1.807, 2.05) is 48.2 Å². The predicted molar refractivity (Wildman–Crippen MR) is 124 cm³/mol. The number of halogens is 1. The molecule has 0 unspecified atom stereocenters. The third-order valence-corrected chi connectivity index (χ3v) is 5.63. The van der Waals surface area contributed by atoms with E-state index in [0.29, 0.717) is 37.4 Å². The molecule has 0 aromatic heterocycles. The zero-order chi connectivity index (χ0) is 21.5. The number of rotatable bonds is 5. The van der Waals surface area contributed by atoms with E-state index in [2.05, 4.69) is 38.1 Å². The molecule has 30 heavy (non-hydrogen) atoms. The van der Waals surface area contributed by atoms with Gasteiger partial charge in [-0.15, -0.1) is 0 Å². The first kappa shape index (κ1) is 22.2. The van der Waals surface area contributed by atoms with Crippen LogP contribution in [0.15, 0.2) is 48.5 Å². The molecule has 3 rings (SSSR count). The highest BCUT2D eigenvalue weighted by Gasteiger charge is 2.22. The van der Waals surface area contributed by atoms with Crippen molar-refractivity contribution in [3.63, 3.8) is 0 Å². The van der Waals surface area contributed by atoms with Crippen LogP contribution in [0, 0.1) is 10.5 Å². The van der Waals surface area contributed by atoms with Gasteiger partial charge in [0.15, 0.2) is 0 Å². The van der Waals surface area contributed by atoms with E-state index >= 15 is 0 Å². The maximum Gasteiger partial charge on any atom is 0.313 e. The minimum absolute atomic E-state index is 0.0502. The summed E-state index contributed by atoms with van der Waals surface area (Å²) in [5.74, 6) is -1.27. The molecule has 0 aliphatic carbocycles. The van der Waals surface area contributed by atoms with Crippen LogP contribution in [-0.2, 0) is 9.59 Å². The van der Waals surface area contributed by atoms with Gasteiger partial charge in [0.05, 0.1) is 0 Å². The van der Waals surface area contributed by atoms with Crippen molar-refractivity contribution < 1.29 is 14.4 Å². The molecule has 1 heterocycles. The molecule has 1 saturated heterocycles. The summed E-state index contributed by atoms with van der Waals surface area (Å²) in [6, 6.07) is 14.9. The van der Waals surface area contributed by atoms with Gasteiger partial charge in [-0.1, -0.05) is 23.8 Å². The number of hydrogen-bond acceptors (Lipinski definition) is 4. The molecule has 1 fully saturated rings. The van der Waals surface area contributed by atoms with Gasteiger partial charge in [0.1, 0.15) is 0 Å². The van der Waals surface area contributed by atoms with Gasteiger partial charge in [0.25, 0.3) is 5.91 Å². The molecule has 0 spiro atoms. The largest absolute Gasteiger partial charge is 0.347 e. The average Bonchev–Trinajstić information content (AvgIpc) is 2.75. The predicted octanol–water partition coefficient (Wildman–Crippen LogP) is 2.11. The van der Waals surface area contributed by atoms with Crippen molar-refractivity contribution in [3.8, 4) is 0 Å². The summed E-state index contributed by atoms with van der Waals surface area (Å²) in [7, 11) is 0. The number of anilines is 1. The maximum absolute atomic E-state index is 12.6.